The van der Waals surface area contributed by atoms with E-state index in [9.17, 15) is 4.39 Å². The molecule has 1 aromatic rings. The van der Waals surface area contributed by atoms with E-state index >= 15 is 0 Å². The first-order valence-electron chi connectivity index (χ1n) is 3.95. The largest absolute Gasteiger partial charge is 0.505 e. The Labute approximate surface area is 75.9 Å². The molecule has 4 heteroatoms. The third-order valence-corrected chi connectivity index (χ3v) is 1.79. The van der Waals surface area contributed by atoms with E-state index < -0.39 is 5.82 Å². The second-order valence-corrected chi connectivity index (χ2v) is 2.62. The van der Waals surface area contributed by atoms with Gasteiger partial charge in [-0.25, -0.2) is 4.39 Å². The lowest BCUT2D eigenvalue weighted by molar-refractivity contribution is 0.391. The van der Waals surface area contributed by atoms with Crippen LogP contribution in [0.15, 0.2) is 12.1 Å². The van der Waals surface area contributed by atoms with E-state index in [1.807, 2.05) is 0 Å². The van der Waals surface area contributed by atoms with E-state index in [4.69, 9.17) is 15.6 Å². The molecule has 0 amide bonds. The van der Waals surface area contributed by atoms with Gasteiger partial charge in [-0.15, -0.1) is 0 Å². The number of hydrogen-bond acceptors (Lipinski definition) is 3. The van der Waals surface area contributed by atoms with Crippen molar-refractivity contribution >= 4 is 0 Å². The van der Waals surface area contributed by atoms with Crippen molar-refractivity contribution in [3.8, 4) is 11.5 Å². The zero-order chi connectivity index (χ0) is 9.84. The highest BCUT2D eigenvalue weighted by Gasteiger charge is 2.12. The van der Waals surface area contributed by atoms with Crippen LogP contribution in [0, 0.1) is 5.82 Å². The Kier molecular flexibility index (Phi) is 3.08. The van der Waals surface area contributed by atoms with Crippen LogP contribution in [0.4, 0.5) is 4.39 Å². The molecule has 0 atom stereocenters. The van der Waals surface area contributed by atoms with Gasteiger partial charge in [0.1, 0.15) is 5.75 Å². The molecule has 0 unspecified atom stereocenters. The third-order valence-electron chi connectivity index (χ3n) is 1.79. The maximum absolute atomic E-state index is 13.3. The highest BCUT2D eigenvalue weighted by Crippen LogP contribution is 2.27. The molecule has 1 rings (SSSR count). The smallest absolute Gasteiger partial charge is 0.171 e. The zero-order valence-electron chi connectivity index (χ0n) is 7.38. The molecule has 0 aliphatic carbocycles. The van der Waals surface area contributed by atoms with Crippen molar-refractivity contribution < 1.29 is 14.2 Å². The lowest BCUT2D eigenvalue weighted by atomic mass is 10.1. The van der Waals surface area contributed by atoms with Crippen LogP contribution in [0.1, 0.15) is 5.56 Å². The average Bonchev–Trinajstić information content (AvgIpc) is 2.14. The second-order valence-electron chi connectivity index (χ2n) is 2.62. The molecule has 0 saturated heterocycles. The van der Waals surface area contributed by atoms with Crippen LogP contribution < -0.4 is 10.5 Å². The van der Waals surface area contributed by atoms with Crippen LogP contribution in [-0.2, 0) is 6.42 Å². The molecule has 0 aliphatic rings. The second kappa shape index (κ2) is 4.09. The van der Waals surface area contributed by atoms with Crippen molar-refractivity contribution in [3.05, 3.63) is 23.5 Å². The van der Waals surface area contributed by atoms with Crippen LogP contribution in [0.25, 0.3) is 0 Å². The molecule has 0 bridgehead atoms. The Bertz CT molecular complexity index is 302. The minimum absolute atomic E-state index is 0.316. The number of rotatable bonds is 3. The molecule has 1 aromatic carbocycles. The first-order chi connectivity index (χ1) is 6.20. The minimum Gasteiger partial charge on any atom is -0.505 e. The first-order valence-corrected chi connectivity index (χ1v) is 3.95. The number of methoxy groups -OCH3 is 1. The molecule has 0 aliphatic heterocycles. The molecule has 13 heavy (non-hydrogen) atoms. The lowest BCUT2D eigenvalue weighted by Gasteiger charge is -2.09. The first kappa shape index (κ1) is 9.80. The fourth-order valence-corrected chi connectivity index (χ4v) is 1.16. The van der Waals surface area contributed by atoms with Gasteiger partial charge in [0.15, 0.2) is 11.6 Å². The van der Waals surface area contributed by atoms with E-state index in [1.165, 1.54) is 19.2 Å². The van der Waals surface area contributed by atoms with E-state index in [1.54, 1.807) is 0 Å². The Hall–Kier alpha value is -1.29. The summed E-state index contributed by atoms with van der Waals surface area (Å²) >= 11 is 0. The van der Waals surface area contributed by atoms with Gasteiger partial charge >= 0.3 is 0 Å². The number of phenolic OH excluding ortho intramolecular Hbond substituents is 1. The van der Waals surface area contributed by atoms with Gasteiger partial charge in [-0.2, -0.15) is 0 Å². The van der Waals surface area contributed by atoms with E-state index in [0.29, 0.717) is 24.3 Å². The number of phenols is 1. The predicted octanol–water partition coefficient (Wildman–Crippen LogP) is 1.04. The summed E-state index contributed by atoms with van der Waals surface area (Å²) in [5.41, 5.74) is 5.62. The Morgan fingerprint density at radius 1 is 1.54 bits per heavy atom. The van der Waals surface area contributed by atoms with Gasteiger partial charge < -0.3 is 15.6 Å². The number of nitrogens with two attached hydrogens (primary N) is 1. The SMILES string of the molecule is COc1ccc(O)c(F)c1CCN. The number of halogens is 1. The maximum atomic E-state index is 13.3. The van der Waals surface area contributed by atoms with Crippen LogP contribution >= 0.6 is 0 Å². The van der Waals surface area contributed by atoms with Crippen LogP contribution in [-0.4, -0.2) is 18.8 Å². The van der Waals surface area contributed by atoms with Gasteiger partial charge in [0.2, 0.25) is 0 Å². The lowest BCUT2D eigenvalue weighted by Crippen LogP contribution is -2.06. The van der Waals surface area contributed by atoms with Gasteiger partial charge in [0.25, 0.3) is 0 Å². The molecular weight excluding hydrogens is 173 g/mol. The highest BCUT2D eigenvalue weighted by atomic mass is 19.1. The van der Waals surface area contributed by atoms with Crippen molar-refractivity contribution in [2.45, 2.75) is 6.42 Å². The predicted molar refractivity (Wildman–Crippen MR) is 47.4 cm³/mol. The van der Waals surface area contributed by atoms with E-state index in [-0.39, 0.29) is 5.75 Å². The molecule has 0 fully saturated rings. The number of ether oxygens (including phenoxy) is 1. The van der Waals surface area contributed by atoms with Crippen molar-refractivity contribution in [2.75, 3.05) is 13.7 Å². The van der Waals surface area contributed by atoms with Crippen molar-refractivity contribution in [3.63, 3.8) is 0 Å². The summed E-state index contributed by atoms with van der Waals surface area (Å²) in [6.07, 6.45) is 0.351. The summed E-state index contributed by atoms with van der Waals surface area (Å²) in [6, 6.07) is 2.78. The third kappa shape index (κ3) is 1.89. The van der Waals surface area contributed by atoms with Crippen LogP contribution in [0.2, 0.25) is 0 Å². The van der Waals surface area contributed by atoms with Crippen molar-refractivity contribution in [1.82, 2.24) is 0 Å². The quantitative estimate of drug-likeness (QED) is 0.739. The number of benzene rings is 1. The summed E-state index contributed by atoms with van der Waals surface area (Å²) in [6.45, 7) is 0.316. The van der Waals surface area contributed by atoms with Crippen LogP contribution in [0.3, 0.4) is 0 Å². The maximum Gasteiger partial charge on any atom is 0.171 e. The summed E-state index contributed by atoms with van der Waals surface area (Å²) < 4.78 is 18.2. The number of aromatic hydroxyl groups is 1. The average molecular weight is 185 g/mol. The van der Waals surface area contributed by atoms with Gasteiger partial charge in [0.05, 0.1) is 7.11 Å². The topological polar surface area (TPSA) is 55.5 Å². The fraction of sp³-hybridized carbons (Fsp3) is 0.333. The highest BCUT2D eigenvalue weighted by molar-refractivity contribution is 5.41. The van der Waals surface area contributed by atoms with Crippen molar-refractivity contribution in [1.29, 1.82) is 0 Å². The van der Waals surface area contributed by atoms with E-state index in [2.05, 4.69) is 0 Å². The molecule has 3 N–H and O–H groups in total. The Balaban J connectivity index is 3.15. The molecule has 72 valence electrons. The monoisotopic (exact) mass is 185 g/mol. The Morgan fingerprint density at radius 2 is 2.23 bits per heavy atom. The zero-order valence-corrected chi connectivity index (χ0v) is 7.38. The molecule has 0 aromatic heterocycles. The molecule has 0 saturated carbocycles. The fourth-order valence-electron chi connectivity index (χ4n) is 1.16. The minimum atomic E-state index is -0.648. The van der Waals surface area contributed by atoms with Gasteiger partial charge in [0, 0.05) is 5.56 Å². The van der Waals surface area contributed by atoms with E-state index in [0.717, 1.165) is 0 Å². The molecule has 0 radical (unpaired) electrons. The molecule has 3 nitrogen and oxygen atoms in total. The number of hydrogen-bond donors (Lipinski definition) is 2. The van der Waals surface area contributed by atoms with Gasteiger partial charge in [-0.1, -0.05) is 0 Å². The summed E-state index contributed by atoms with van der Waals surface area (Å²) in [7, 11) is 1.45. The Morgan fingerprint density at radius 3 is 2.77 bits per heavy atom. The van der Waals surface area contributed by atoms with Gasteiger partial charge in [-0.3, -0.25) is 0 Å². The van der Waals surface area contributed by atoms with Crippen molar-refractivity contribution in [2.24, 2.45) is 5.73 Å². The molecule has 0 spiro atoms. The summed E-state index contributed by atoms with van der Waals surface area (Å²) in [4.78, 5) is 0. The summed E-state index contributed by atoms with van der Waals surface area (Å²) in [5, 5.41) is 9.08. The molecule has 0 heterocycles. The van der Waals surface area contributed by atoms with Gasteiger partial charge in [-0.05, 0) is 25.1 Å². The normalized spacial score (nSPS) is 10.1. The molecular formula is C9H12FNO2. The standard InChI is InChI=1S/C9H12FNO2/c1-13-8-3-2-7(12)9(10)6(8)4-5-11/h2-3,12H,4-5,11H2,1H3. The van der Waals surface area contributed by atoms with Crippen LogP contribution in [0.5, 0.6) is 11.5 Å². The summed E-state index contributed by atoms with van der Waals surface area (Å²) in [5.74, 6) is -0.602.